The van der Waals surface area contributed by atoms with Crippen LogP contribution in [0.25, 0.3) is 0 Å². The maximum Gasteiger partial charge on any atom is 0.435 e. The van der Waals surface area contributed by atoms with Gasteiger partial charge in [-0.1, -0.05) is 40.0 Å². The van der Waals surface area contributed by atoms with Crippen molar-refractivity contribution in [1.29, 1.82) is 0 Å². The minimum absolute atomic E-state index is 0.000522. The van der Waals surface area contributed by atoms with Crippen molar-refractivity contribution < 1.29 is 27.9 Å². The molecular weight excluding hydrogens is 530 g/mol. The first-order valence-electron chi connectivity index (χ1n) is 10.7. The second-order valence-electron chi connectivity index (χ2n) is 8.61. The summed E-state index contributed by atoms with van der Waals surface area (Å²) in [5, 5.41) is 19.3. The van der Waals surface area contributed by atoms with Gasteiger partial charge < -0.3 is 15.3 Å². The van der Waals surface area contributed by atoms with Crippen molar-refractivity contribution in [3.8, 4) is 0 Å². The lowest BCUT2D eigenvalue weighted by Gasteiger charge is -2.29. The van der Waals surface area contributed by atoms with Gasteiger partial charge in [0.15, 0.2) is 0 Å². The van der Waals surface area contributed by atoms with E-state index in [9.17, 15) is 23.1 Å². The highest BCUT2D eigenvalue weighted by Gasteiger charge is 2.62. The van der Waals surface area contributed by atoms with Gasteiger partial charge in [-0.3, -0.25) is 10.1 Å². The molecule has 0 bridgehead atoms. The molecule has 1 heterocycles. The number of hydrogen-bond donors (Lipinski definition) is 3. The van der Waals surface area contributed by atoms with Crippen LogP contribution in [0, 0.1) is 6.92 Å². The van der Waals surface area contributed by atoms with Crippen LogP contribution in [0.5, 0.6) is 0 Å². The zero-order chi connectivity index (χ0) is 25.5. The summed E-state index contributed by atoms with van der Waals surface area (Å²) in [6.45, 7) is 1.58. The standard InChI is InChI=1S/C23H21Cl3F3N3O3/c1-11-4-12(5-17(26)20(11)21(34)30-10-19(33)31-16-2-3-16)18-9-22(35-32-18,23(27,28)29)13-6-14(24)8-15(25)7-13/h4-8,16,19,31,33H,2-3,9-10H2,1H3,(H,30,34). The number of aryl methyl sites for hydroxylation is 1. The number of nitrogens with one attached hydrogen (secondary N) is 2. The Morgan fingerprint density at radius 3 is 2.43 bits per heavy atom. The van der Waals surface area contributed by atoms with E-state index in [-0.39, 0.29) is 50.1 Å². The third-order valence-electron chi connectivity index (χ3n) is 5.82. The fourth-order valence-electron chi connectivity index (χ4n) is 3.90. The van der Waals surface area contributed by atoms with E-state index in [0.29, 0.717) is 5.56 Å². The van der Waals surface area contributed by atoms with Crippen LogP contribution in [-0.4, -0.2) is 41.7 Å². The van der Waals surface area contributed by atoms with Crippen LogP contribution in [0.4, 0.5) is 13.2 Å². The van der Waals surface area contributed by atoms with E-state index >= 15 is 0 Å². The van der Waals surface area contributed by atoms with E-state index in [0.717, 1.165) is 25.0 Å². The third kappa shape index (κ3) is 5.54. The number of rotatable bonds is 7. The molecule has 0 saturated heterocycles. The highest BCUT2D eigenvalue weighted by atomic mass is 35.5. The Bertz CT molecular complexity index is 1140. The van der Waals surface area contributed by atoms with E-state index in [2.05, 4.69) is 15.8 Å². The molecule has 1 fully saturated rings. The number of amides is 1. The lowest BCUT2D eigenvalue weighted by molar-refractivity contribution is -0.275. The monoisotopic (exact) mass is 549 g/mol. The van der Waals surface area contributed by atoms with Crippen molar-refractivity contribution in [1.82, 2.24) is 10.6 Å². The van der Waals surface area contributed by atoms with Crippen LogP contribution >= 0.6 is 34.8 Å². The summed E-state index contributed by atoms with van der Waals surface area (Å²) < 4.78 is 42.7. The number of benzene rings is 2. The molecule has 2 aliphatic rings. The molecule has 2 atom stereocenters. The highest BCUT2D eigenvalue weighted by molar-refractivity contribution is 6.35. The molecule has 0 aromatic heterocycles. The Balaban J connectivity index is 1.56. The first-order valence-corrected chi connectivity index (χ1v) is 11.8. The summed E-state index contributed by atoms with van der Waals surface area (Å²) in [6, 6.07) is 6.73. The third-order valence-corrected chi connectivity index (χ3v) is 6.56. The van der Waals surface area contributed by atoms with Crippen molar-refractivity contribution in [3.05, 3.63) is 67.7 Å². The van der Waals surface area contributed by atoms with Gasteiger partial charge in [0.1, 0.15) is 6.23 Å². The molecule has 2 unspecified atom stereocenters. The predicted octanol–water partition coefficient (Wildman–Crippen LogP) is 5.34. The maximum absolute atomic E-state index is 14.2. The van der Waals surface area contributed by atoms with Crippen LogP contribution in [0.15, 0.2) is 35.5 Å². The quantitative estimate of drug-likeness (QED) is 0.407. The molecule has 12 heteroatoms. The van der Waals surface area contributed by atoms with Gasteiger partial charge in [0.05, 0.1) is 22.8 Å². The summed E-state index contributed by atoms with van der Waals surface area (Å²) >= 11 is 18.2. The molecule has 6 nitrogen and oxygen atoms in total. The first kappa shape index (κ1) is 26.0. The number of aliphatic hydroxyl groups excluding tert-OH is 1. The number of carbonyl (C=O) groups excluding carboxylic acids is 1. The molecule has 1 aliphatic heterocycles. The highest BCUT2D eigenvalue weighted by Crippen LogP contribution is 2.50. The van der Waals surface area contributed by atoms with E-state index < -0.39 is 30.3 Å². The van der Waals surface area contributed by atoms with Crippen LogP contribution in [0.3, 0.4) is 0 Å². The van der Waals surface area contributed by atoms with E-state index in [1.165, 1.54) is 18.2 Å². The summed E-state index contributed by atoms with van der Waals surface area (Å²) in [5.41, 5.74) is -2.21. The van der Waals surface area contributed by atoms with Crippen molar-refractivity contribution >= 4 is 46.4 Å². The minimum Gasteiger partial charge on any atom is -0.377 e. The zero-order valence-electron chi connectivity index (χ0n) is 18.3. The van der Waals surface area contributed by atoms with E-state index in [1.54, 1.807) is 6.92 Å². The molecule has 35 heavy (non-hydrogen) atoms. The van der Waals surface area contributed by atoms with Crippen LogP contribution in [0.2, 0.25) is 15.1 Å². The van der Waals surface area contributed by atoms with Crippen molar-refractivity contribution in [2.24, 2.45) is 5.16 Å². The Kier molecular flexibility index (Phi) is 7.28. The molecule has 1 amide bonds. The summed E-state index contributed by atoms with van der Waals surface area (Å²) in [5.74, 6) is -0.515. The van der Waals surface area contributed by atoms with Gasteiger partial charge in [0.2, 0.25) is 0 Å². The van der Waals surface area contributed by atoms with Gasteiger partial charge in [-0.05, 0) is 55.7 Å². The number of aliphatic hydroxyl groups is 1. The number of alkyl halides is 3. The molecule has 1 aliphatic carbocycles. The van der Waals surface area contributed by atoms with E-state index in [4.69, 9.17) is 39.6 Å². The minimum atomic E-state index is -4.83. The summed E-state index contributed by atoms with van der Waals surface area (Å²) in [6.07, 6.45) is -4.42. The topological polar surface area (TPSA) is 83.0 Å². The maximum atomic E-state index is 14.2. The molecule has 3 N–H and O–H groups in total. The van der Waals surface area contributed by atoms with Crippen LogP contribution in [0.1, 0.15) is 46.3 Å². The largest absolute Gasteiger partial charge is 0.435 e. The number of nitrogens with zero attached hydrogens (tertiary/aromatic N) is 1. The summed E-state index contributed by atoms with van der Waals surface area (Å²) in [4.78, 5) is 17.7. The molecule has 0 radical (unpaired) electrons. The Morgan fingerprint density at radius 2 is 1.86 bits per heavy atom. The van der Waals surface area contributed by atoms with Gasteiger partial charge in [0.25, 0.3) is 11.5 Å². The zero-order valence-corrected chi connectivity index (χ0v) is 20.6. The Hall–Kier alpha value is -2.04. The lowest BCUT2D eigenvalue weighted by Crippen LogP contribution is -2.42. The average Bonchev–Trinajstić information content (AvgIpc) is 3.42. The molecule has 2 aromatic rings. The molecule has 2 aromatic carbocycles. The number of halogens is 6. The normalized spacial score (nSPS) is 20.9. The second-order valence-corrected chi connectivity index (χ2v) is 9.89. The molecule has 4 rings (SSSR count). The van der Waals surface area contributed by atoms with Gasteiger partial charge >= 0.3 is 6.18 Å². The van der Waals surface area contributed by atoms with Crippen LogP contribution < -0.4 is 10.6 Å². The molecule has 0 spiro atoms. The van der Waals surface area contributed by atoms with Crippen molar-refractivity contribution in [2.75, 3.05) is 6.54 Å². The first-order chi connectivity index (χ1) is 16.4. The number of hydrogen-bond acceptors (Lipinski definition) is 5. The SMILES string of the molecule is Cc1cc(C2=NOC(c3cc(Cl)cc(Cl)c3)(C(F)(F)F)C2)cc(Cl)c1C(=O)NCC(O)NC1CC1. The molecule has 188 valence electrons. The van der Waals surface area contributed by atoms with Crippen molar-refractivity contribution in [3.63, 3.8) is 0 Å². The fourth-order valence-corrected chi connectivity index (χ4v) is 4.78. The van der Waals surface area contributed by atoms with E-state index in [1.807, 2.05) is 0 Å². The second kappa shape index (κ2) is 9.78. The fraction of sp³-hybridized carbons (Fsp3) is 0.391. The van der Waals surface area contributed by atoms with Gasteiger partial charge in [-0.15, -0.1) is 0 Å². The molecular formula is C23H21Cl3F3N3O3. The lowest BCUT2D eigenvalue weighted by atomic mass is 9.86. The van der Waals surface area contributed by atoms with Gasteiger partial charge in [0, 0.05) is 33.6 Å². The molecule has 1 saturated carbocycles. The smallest absolute Gasteiger partial charge is 0.377 e. The summed E-state index contributed by atoms with van der Waals surface area (Å²) in [7, 11) is 0. The number of oxime groups is 1. The number of carbonyl (C=O) groups is 1. The predicted molar refractivity (Wildman–Crippen MR) is 127 cm³/mol. The van der Waals surface area contributed by atoms with Gasteiger partial charge in [-0.25, -0.2) is 0 Å². The Morgan fingerprint density at radius 1 is 1.20 bits per heavy atom. The van der Waals surface area contributed by atoms with Crippen LogP contribution in [-0.2, 0) is 10.4 Å². The average molecular weight is 551 g/mol. The Labute approximate surface area is 214 Å². The van der Waals surface area contributed by atoms with Gasteiger partial charge in [-0.2, -0.15) is 13.2 Å². The van der Waals surface area contributed by atoms with Crippen molar-refractivity contribution in [2.45, 2.75) is 50.2 Å².